The third kappa shape index (κ3) is 4.72. The first kappa shape index (κ1) is 15.3. The summed E-state index contributed by atoms with van der Waals surface area (Å²) < 4.78 is 0. The zero-order valence-electron chi connectivity index (χ0n) is 12.4. The molecule has 21 heavy (non-hydrogen) atoms. The minimum Gasteiger partial charge on any atom is -0.348 e. The van der Waals surface area contributed by atoms with Crippen molar-refractivity contribution in [1.29, 1.82) is 0 Å². The van der Waals surface area contributed by atoms with Gasteiger partial charge in [0, 0.05) is 0 Å². The lowest BCUT2D eigenvalue weighted by Gasteiger charge is -2.19. The highest BCUT2D eigenvalue weighted by molar-refractivity contribution is 5.78. The third-order valence-corrected chi connectivity index (χ3v) is 3.56. The predicted molar refractivity (Wildman–Crippen MR) is 85.9 cm³/mol. The van der Waals surface area contributed by atoms with Gasteiger partial charge in [-0.2, -0.15) is 0 Å². The average molecular weight is 282 g/mol. The van der Waals surface area contributed by atoms with Crippen LogP contribution in [0.3, 0.4) is 0 Å². The van der Waals surface area contributed by atoms with Gasteiger partial charge in [-0.05, 0) is 30.9 Å². The fourth-order valence-electron chi connectivity index (χ4n) is 2.33. The van der Waals surface area contributed by atoms with Crippen LogP contribution in [0.2, 0.25) is 0 Å². The Morgan fingerprint density at radius 1 is 1.10 bits per heavy atom. The number of hydrogen-bond acceptors (Lipinski definition) is 2. The summed E-state index contributed by atoms with van der Waals surface area (Å²) in [5.74, 6) is -0.117. The molecule has 2 rings (SSSR count). The highest BCUT2D eigenvalue weighted by Crippen LogP contribution is 2.20. The van der Waals surface area contributed by atoms with Crippen molar-refractivity contribution in [1.82, 2.24) is 5.32 Å². The second kappa shape index (κ2) is 7.60. The standard InChI is InChI=1S/C18H22N2O/c1-14-7-10-16(11-8-14)17(20-18(21)13-19)12-9-15-5-3-2-4-6-15/h2-8,10-11,17H,9,12-13,19H2,1H3,(H,20,21). The second-order valence-electron chi connectivity index (χ2n) is 5.26. The predicted octanol–water partition coefficient (Wildman–Crippen LogP) is 2.74. The van der Waals surface area contributed by atoms with E-state index in [-0.39, 0.29) is 18.5 Å². The molecule has 0 saturated carbocycles. The Morgan fingerprint density at radius 3 is 2.38 bits per heavy atom. The summed E-state index contributed by atoms with van der Waals surface area (Å²) in [4.78, 5) is 11.6. The first-order chi connectivity index (χ1) is 10.2. The van der Waals surface area contributed by atoms with Crippen LogP contribution in [0.4, 0.5) is 0 Å². The van der Waals surface area contributed by atoms with Gasteiger partial charge in [-0.15, -0.1) is 0 Å². The van der Waals surface area contributed by atoms with Crippen LogP contribution in [-0.2, 0) is 11.2 Å². The zero-order valence-corrected chi connectivity index (χ0v) is 12.4. The van der Waals surface area contributed by atoms with E-state index in [1.807, 2.05) is 18.2 Å². The highest BCUT2D eigenvalue weighted by atomic mass is 16.1. The fraction of sp³-hybridized carbons (Fsp3) is 0.278. The van der Waals surface area contributed by atoms with Gasteiger partial charge in [-0.25, -0.2) is 0 Å². The molecule has 3 heteroatoms. The Balaban J connectivity index is 2.08. The molecule has 0 aliphatic rings. The third-order valence-electron chi connectivity index (χ3n) is 3.56. The van der Waals surface area contributed by atoms with Crippen LogP contribution in [0.5, 0.6) is 0 Å². The van der Waals surface area contributed by atoms with Crippen LogP contribution in [-0.4, -0.2) is 12.5 Å². The molecule has 0 radical (unpaired) electrons. The van der Waals surface area contributed by atoms with Crippen LogP contribution in [0.15, 0.2) is 54.6 Å². The molecule has 0 fully saturated rings. The Labute approximate surface area is 126 Å². The Hall–Kier alpha value is -2.13. The Bertz CT molecular complexity index is 564. The molecule has 2 aromatic carbocycles. The summed E-state index contributed by atoms with van der Waals surface area (Å²) in [5.41, 5.74) is 9.03. The maximum Gasteiger partial charge on any atom is 0.234 e. The maximum atomic E-state index is 11.6. The van der Waals surface area contributed by atoms with E-state index in [2.05, 4.69) is 48.6 Å². The Kier molecular flexibility index (Phi) is 5.52. The average Bonchev–Trinajstić information content (AvgIpc) is 2.53. The number of hydrogen-bond donors (Lipinski definition) is 2. The lowest BCUT2D eigenvalue weighted by atomic mass is 9.98. The number of carbonyl (C=O) groups is 1. The summed E-state index contributed by atoms with van der Waals surface area (Å²) >= 11 is 0. The van der Waals surface area contributed by atoms with Gasteiger partial charge in [0.25, 0.3) is 0 Å². The van der Waals surface area contributed by atoms with Crippen molar-refractivity contribution < 1.29 is 4.79 Å². The molecular formula is C18H22N2O. The fourth-order valence-corrected chi connectivity index (χ4v) is 2.33. The Morgan fingerprint density at radius 2 is 1.76 bits per heavy atom. The summed E-state index contributed by atoms with van der Waals surface area (Å²) in [6.07, 6.45) is 1.78. The summed E-state index contributed by atoms with van der Waals surface area (Å²) in [6.45, 7) is 2.08. The van der Waals surface area contributed by atoms with Gasteiger partial charge in [0.1, 0.15) is 0 Å². The molecule has 110 valence electrons. The molecule has 0 aliphatic heterocycles. The molecule has 0 aromatic heterocycles. The molecule has 0 bridgehead atoms. The van der Waals surface area contributed by atoms with Gasteiger partial charge < -0.3 is 11.1 Å². The first-order valence-corrected chi connectivity index (χ1v) is 7.29. The molecule has 1 atom stereocenters. The van der Waals surface area contributed by atoms with Crippen molar-refractivity contribution in [3.8, 4) is 0 Å². The minimum absolute atomic E-state index is 0.00172. The maximum absolute atomic E-state index is 11.6. The van der Waals surface area contributed by atoms with Crippen LogP contribution in [0, 0.1) is 6.92 Å². The molecule has 0 spiro atoms. The van der Waals surface area contributed by atoms with Crippen molar-refractivity contribution >= 4 is 5.91 Å². The molecule has 0 heterocycles. The number of rotatable bonds is 6. The van der Waals surface area contributed by atoms with Crippen molar-refractivity contribution in [3.05, 3.63) is 71.3 Å². The van der Waals surface area contributed by atoms with Gasteiger partial charge in [0.05, 0.1) is 12.6 Å². The number of carbonyl (C=O) groups excluding carboxylic acids is 1. The van der Waals surface area contributed by atoms with Crippen LogP contribution < -0.4 is 11.1 Å². The first-order valence-electron chi connectivity index (χ1n) is 7.29. The minimum atomic E-state index is -0.117. The zero-order chi connectivity index (χ0) is 15.1. The second-order valence-corrected chi connectivity index (χ2v) is 5.26. The summed E-state index contributed by atoms with van der Waals surface area (Å²) in [5, 5.41) is 3.01. The van der Waals surface area contributed by atoms with Crippen LogP contribution in [0.25, 0.3) is 0 Å². The van der Waals surface area contributed by atoms with Gasteiger partial charge in [-0.1, -0.05) is 60.2 Å². The lowest BCUT2D eigenvalue weighted by molar-refractivity contribution is -0.120. The monoisotopic (exact) mass is 282 g/mol. The van der Waals surface area contributed by atoms with Crippen molar-refractivity contribution in [2.24, 2.45) is 5.73 Å². The van der Waals surface area contributed by atoms with E-state index < -0.39 is 0 Å². The molecule has 3 N–H and O–H groups in total. The molecule has 1 amide bonds. The SMILES string of the molecule is Cc1ccc(C(CCc2ccccc2)NC(=O)CN)cc1. The lowest BCUT2D eigenvalue weighted by Crippen LogP contribution is -2.34. The number of benzene rings is 2. The van der Waals surface area contributed by atoms with E-state index >= 15 is 0 Å². The van der Waals surface area contributed by atoms with Crippen molar-refractivity contribution in [2.45, 2.75) is 25.8 Å². The molecule has 3 nitrogen and oxygen atoms in total. The molecule has 0 aliphatic carbocycles. The molecule has 2 aromatic rings. The summed E-state index contributed by atoms with van der Waals surface area (Å²) in [7, 11) is 0. The highest BCUT2D eigenvalue weighted by Gasteiger charge is 2.13. The quantitative estimate of drug-likeness (QED) is 0.856. The smallest absolute Gasteiger partial charge is 0.234 e. The van der Waals surface area contributed by atoms with E-state index in [9.17, 15) is 4.79 Å². The largest absolute Gasteiger partial charge is 0.348 e. The van der Waals surface area contributed by atoms with E-state index in [1.165, 1.54) is 11.1 Å². The van der Waals surface area contributed by atoms with Gasteiger partial charge in [0.2, 0.25) is 5.91 Å². The number of nitrogens with two attached hydrogens (primary N) is 1. The normalized spacial score (nSPS) is 11.9. The van der Waals surface area contributed by atoms with Gasteiger partial charge in [0.15, 0.2) is 0 Å². The topological polar surface area (TPSA) is 55.1 Å². The number of nitrogens with one attached hydrogen (secondary N) is 1. The molecular weight excluding hydrogens is 260 g/mol. The van der Waals surface area contributed by atoms with Gasteiger partial charge >= 0.3 is 0 Å². The molecule has 1 unspecified atom stereocenters. The van der Waals surface area contributed by atoms with E-state index in [1.54, 1.807) is 0 Å². The molecule has 0 saturated heterocycles. The van der Waals surface area contributed by atoms with Crippen LogP contribution in [0.1, 0.15) is 29.2 Å². The number of aryl methyl sites for hydroxylation is 2. The number of amides is 1. The van der Waals surface area contributed by atoms with E-state index in [0.29, 0.717) is 0 Å². The van der Waals surface area contributed by atoms with Crippen molar-refractivity contribution in [2.75, 3.05) is 6.54 Å². The van der Waals surface area contributed by atoms with E-state index in [4.69, 9.17) is 5.73 Å². The van der Waals surface area contributed by atoms with E-state index in [0.717, 1.165) is 18.4 Å². The van der Waals surface area contributed by atoms with Crippen LogP contribution >= 0.6 is 0 Å². The van der Waals surface area contributed by atoms with Gasteiger partial charge in [-0.3, -0.25) is 4.79 Å². The van der Waals surface area contributed by atoms with Crippen molar-refractivity contribution in [3.63, 3.8) is 0 Å². The summed E-state index contributed by atoms with van der Waals surface area (Å²) in [6, 6.07) is 18.6.